The maximum absolute atomic E-state index is 10.2. The molecule has 5 atom stereocenters. The first-order valence-electron chi connectivity index (χ1n) is 6.51. The lowest BCUT2D eigenvalue weighted by molar-refractivity contribution is -0.318. The van der Waals surface area contributed by atoms with Gasteiger partial charge in [-0.1, -0.05) is 28.9 Å². The summed E-state index contributed by atoms with van der Waals surface area (Å²) in [5.41, 5.74) is 0.697. The van der Waals surface area contributed by atoms with E-state index in [1.807, 2.05) is 0 Å². The van der Waals surface area contributed by atoms with Crippen molar-refractivity contribution in [3.05, 3.63) is 34.9 Å². The van der Waals surface area contributed by atoms with E-state index >= 15 is 0 Å². The van der Waals surface area contributed by atoms with Crippen LogP contribution in [0.15, 0.2) is 29.4 Å². The SMILES string of the molecule is OC[C@H]1O[C@]2(ON=C(c3ccc(Cl)cc3)S2)[C@H](O)[C@@H](O)[C@@H]1O. The van der Waals surface area contributed by atoms with E-state index < -0.39 is 36.1 Å². The molecule has 2 aliphatic heterocycles. The molecule has 1 spiro atoms. The van der Waals surface area contributed by atoms with Gasteiger partial charge in [0.1, 0.15) is 23.4 Å². The number of hydrogen-bond acceptors (Lipinski definition) is 8. The van der Waals surface area contributed by atoms with Gasteiger partial charge in [-0.3, -0.25) is 0 Å². The van der Waals surface area contributed by atoms with E-state index in [-0.39, 0.29) is 0 Å². The standard InChI is InChI=1S/C13H14ClNO6S/c14-7-3-1-6(2-4-7)12-15-21-13(22-12)11(19)10(18)9(17)8(5-16)20-13/h1-4,8-11,16-19H,5H2/t8-,9-,10+,11-,13+/m1/s1. The Labute approximate surface area is 135 Å². The summed E-state index contributed by atoms with van der Waals surface area (Å²) >= 11 is 6.78. The number of ether oxygens (including phenoxy) is 1. The van der Waals surface area contributed by atoms with Gasteiger partial charge in [0.2, 0.25) is 0 Å². The van der Waals surface area contributed by atoms with Crippen LogP contribution in [0.1, 0.15) is 5.56 Å². The van der Waals surface area contributed by atoms with Crippen molar-refractivity contribution >= 4 is 28.4 Å². The summed E-state index contributed by atoms with van der Waals surface area (Å²) in [7, 11) is 0. The second-order valence-corrected chi connectivity index (χ2v) is 6.56. The maximum Gasteiger partial charge on any atom is 0.320 e. The molecule has 2 heterocycles. The highest BCUT2D eigenvalue weighted by molar-refractivity contribution is 8.15. The average Bonchev–Trinajstić information content (AvgIpc) is 2.95. The molecular weight excluding hydrogens is 334 g/mol. The summed E-state index contributed by atoms with van der Waals surface area (Å²) in [5, 5.41) is 42.2. The highest BCUT2D eigenvalue weighted by Gasteiger charge is 2.59. The molecule has 1 aromatic rings. The predicted octanol–water partition coefficient (Wildman–Crippen LogP) is -0.107. The van der Waals surface area contributed by atoms with Gasteiger partial charge in [0, 0.05) is 10.6 Å². The third-order valence-corrected chi connectivity index (χ3v) is 4.95. The van der Waals surface area contributed by atoms with Crippen LogP contribution in [-0.4, -0.2) is 61.6 Å². The summed E-state index contributed by atoms with van der Waals surface area (Å²) in [4.78, 5) is 5.21. The van der Waals surface area contributed by atoms with Crippen LogP contribution in [0.4, 0.5) is 0 Å². The largest absolute Gasteiger partial charge is 0.394 e. The molecule has 0 saturated carbocycles. The molecule has 0 bridgehead atoms. The molecular formula is C13H14ClNO6S. The second-order valence-electron chi connectivity index (χ2n) is 4.97. The Balaban J connectivity index is 1.83. The van der Waals surface area contributed by atoms with Crippen LogP contribution < -0.4 is 0 Å². The van der Waals surface area contributed by atoms with Gasteiger partial charge in [0.05, 0.1) is 6.61 Å². The van der Waals surface area contributed by atoms with E-state index in [9.17, 15) is 20.4 Å². The number of aliphatic hydroxyl groups is 4. The van der Waals surface area contributed by atoms with Gasteiger partial charge < -0.3 is 30.0 Å². The number of thioether (sulfide) groups is 1. The molecule has 7 nitrogen and oxygen atoms in total. The van der Waals surface area contributed by atoms with Crippen molar-refractivity contribution in [1.29, 1.82) is 0 Å². The Hall–Kier alpha value is -0.870. The fraction of sp³-hybridized carbons (Fsp3) is 0.462. The number of nitrogens with zero attached hydrogens (tertiary/aromatic N) is 1. The smallest absolute Gasteiger partial charge is 0.320 e. The predicted molar refractivity (Wildman–Crippen MR) is 79.4 cm³/mol. The van der Waals surface area contributed by atoms with Gasteiger partial charge in [-0.2, -0.15) is 0 Å². The summed E-state index contributed by atoms with van der Waals surface area (Å²) in [5.74, 6) is 0. The molecule has 2 aliphatic rings. The lowest BCUT2D eigenvalue weighted by atomic mass is 9.99. The van der Waals surface area contributed by atoms with E-state index in [0.29, 0.717) is 15.6 Å². The topological polar surface area (TPSA) is 112 Å². The van der Waals surface area contributed by atoms with Crippen LogP contribution in [0, 0.1) is 0 Å². The van der Waals surface area contributed by atoms with Crippen molar-refractivity contribution < 1.29 is 30.0 Å². The molecule has 0 aromatic heterocycles. The van der Waals surface area contributed by atoms with E-state index in [2.05, 4.69) is 5.16 Å². The van der Waals surface area contributed by atoms with Gasteiger partial charge in [-0.15, -0.1) is 0 Å². The van der Waals surface area contributed by atoms with Gasteiger partial charge >= 0.3 is 5.12 Å². The van der Waals surface area contributed by atoms with E-state index in [4.69, 9.17) is 21.2 Å². The molecule has 1 fully saturated rings. The summed E-state index contributed by atoms with van der Waals surface area (Å²) in [6.07, 6.45) is -5.58. The third kappa shape index (κ3) is 2.61. The monoisotopic (exact) mass is 347 g/mol. The third-order valence-electron chi connectivity index (χ3n) is 3.50. The lowest BCUT2D eigenvalue weighted by Gasteiger charge is -2.43. The van der Waals surface area contributed by atoms with E-state index in [1.54, 1.807) is 24.3 Å². The molecule has 22 heavy (non-hydrogen) atoms. The van der Waals surface area contributed by atoms with Crippen molar-refractivity contribution in [2.45, 2.75) is 29.5 Å². The van der Waals surface area contributed by atoms with Crippen molar-refractivity contribution in [1.82, 2.24) is 0 Å². The molecule has 4 N–H and O–H groups in total. The molecule has 120 valence electrons. The zero-order chi connectivity index (χ0) is 15.9. The zero-order valence-corrected chi connectivity index (χ0v) is 12.7. The Morgan fingerprint density at radius 2 is 1.86 bits per heavy atom. The molecule has 0 radical (unpaired) electrons. The molecule has 1 saturated heterocycles. The first-order chi connectivity index (χ1) is 10.5. The molecule has 0 unspecified atom stereocenters. The van der Waals surface area contributed by atoms with Gasteiger partial charge in [0.25, 0.3) is 0 Å². The van der Waals surface area contributed by atoms with Gasteiger partial charge in [0.15, 0.2) is 6.10 Å². The molecule has 0 amide bonds. The van der Waals surface area contributed by atoms with Crippen molar-refractivity contribution in [2.24, 2.45) is 5.16 Å². The highest BCUT2D eigenvalue weighted by atomic mass is 35.5. The number of hydrogen-bond donors (Lipinski definition) is 4. The van der Waals surface area contributed by atoms with E-state index in [1.165, 1.54) is 0 Å². The Morgan fingerprint density at radius 1 is 1.18 bits per heavy atom. The van der Waals surface area contributed by atoms with E-state index in [0.717, 1.165) is 11.8 Å². The minimum atomic E-state index is -1.71. The van der Waals surface area contributed by atoms with Crippen LogP contribution in [0.3, 0.4) is 0 Å². The summed E-state index contributed by atoms with van der Waals surface area (Å²) in [6.45, 7) is -0.535. The fourth-order valence-electron chi connectivity index (χ4n) is 2.25. The number of oxime groups is 1. The van der Waals surface area contributed by atoms with Gasteiger partial charge in [-0.25, -0.2) is 0 Å². The second kappa shape index (κ2) is 5.97. The van der Waals surface area contributed by atoms with Gasteiger partial charge in [-0.05, 0) is 23.9 Å². The Kier molecular flexibility index (Phi) is 4.34. The minimum absolute atomic E-state index is 0.427. The quantitative estimate of drug-likeness (QED) is 0.590. The Morgan fingerprint density at radius 3 is 2.50 bits per heavy atom. The average molecular weight is 348 g/mol. The molecule has 1 aromatic carbocycles. The highest BCUT2D eigenvalue weighted by Crippen LogP contribution is 2.45. The zero-order valence-electron chi connectivity index (χ0n) is 11.2. The normalized spacial score (nSPS) is 38.0. The summed E-state index contributed by atoms with van der Waals surface area (Å²) in [6, 6.07) is 6.80. The number of rotatable bonds is 2. The first-order valence-corrected chi connectivity index (χ1v) is 7.70. The van der Waals surface area contributed by atoms with Crippen molar-refractivity contribution in [3.8, 4) is 0 Å². The van der Waals surface area contributed by atoms with Crippen molar-refractivity contribution in [3.63, 3.8) is 0 Å². The molecule has 9 heteroatoms. The maximum atomic E-state index is 10.2. The first kappa shape index (κ1) is 16.0. The number of halogens is 1. The minimum Gasteiger partial charge on any atom is -0.394 e. The number of aliphatic hydroxyl groups excluding tert-OH is 4. The van der Waals surface area contributed by atoms with Crippen molar-refractivity contribution in [2.75, 3.05) is 6.61 Å². The van der Waals surface area contributed by atoms with Crippen LogP contribution in [0.2, 0.25) is 5.02 Å². The molecule has 3 rings (SSSR count). The van der Waals surface area contributed by atoms with Crippen LogP contribution in [0.5, 0.6) is 0 Å². The molecule has 0 aliphatic carbocycles. The summed E-state index contributed by atoms with van der Waals surface area (Å²) < 4.78 is 5.44. The van der Waals surface area contributed by atoms with Crippen LogP contribution in [0.25, 0.3) is 0 Å². The Bertz CT molecular complexity index is 582. The fourth-order valence-corrected chi connectivity index (χ4v) is 3.48. The lowest BCUT2D eigenvalue weighted by Crippen LogP contribution is -2.63. The number of benzene rings is 1. The van der Waals surface area contributed by atoms with Crippen LogP contribution in [-0.2, 0) is 9.57 Å². The van der Waals surface area contributed by atoms with Crippen LogP contribution >= 0.6 is 23.4 Å².